The van der Waals surface area contributed by atoms with Crippen LogP contribution in [0.4, 0.5) is 5.69 Å². The van der Waals surface area contributed by atoms with E-state index in [1.54, 1.807) is 12.1 Å². The molecule has 1 unspecified atom stereocenters. The molecule has 0 radical (unpaired) electrons. The van der Waals surface area contributed by atoms with E-state index in [0.29, 0.717) is 17.2 Å². The smallest absolute Gasteiger partial charge is 0.325 e. The molecule has 2 N–H and O–H groups in total. The molecule has 0 aliphatic heterocycles. The summed E-state index contributed by atoms with van der Waals surface area (Å²) in [6.07, 6.45) is 0.947. The van der Waals surface area contributed by atoms with Crippen molar-refractivity contribution in [3.8, 4) is 0 Å². The van der Waals surface area contributed by atoms with Gasteiger partial charge < -0.3 is 15.4 Å². The number of hydrogen-bond donors (Lipinski definition) is 2. The van der Waals surface area contributed by atoms with Gasteiger partial charge in [0.2, 0.25) is 0 Å². The molecule has 0 heterocycles. The Labute approximate surface area is 171 Å². The maximum absolute atomic E-state index is 12.1. The summed E-state index contributed by atoms with van der Waals surface area (Å²) in [5, 5.41) is 5.29. The van der Waals surface area contributed by atoms with Crippen LogP contribution in [0.15, 0.2) is 42.5 Å². The van der Waals surface area contributed by atoms with Crippen LogP contribution < -0.4 is 10.6 Å². The number of ether oxygens (including phenoxy) is 1. The summed E-state index contributed by atoms with van der Waals surface area (Å²) in [7, 11) is 0. The van der Waals surface area contributed by atoms with E-state index in [0.717, 1.165) is 23.1 Å². The van der Waals surface area contributed by atoms with Crippen LogP contribution in [0.1, 0.15) is 53.2 Å². The second-order valence-electron chi connectivity index (χ2n) is 7.09. The zero-order chi connectivity index (χ0) is 21.4. The van der Waals surface area contributed by atoms with Gasteiger partial charge >= 0.3 is 5.97 Å². The van der Waals surface area contributed by atoms with Crippen LogP contribution in [0.3, 0.4) is 0 Å². The zero-order valence-corrected chi connectivity index (χ0v) is 17.4. The van der Waals surface area contributed by atoms with Crippen LogP contribution in [0.5, 0.6) is 0 Å². The van der Waals surface area contributed by atoms with Crippen LogP contribution in [0.2, 0.25) is 0 Å². The molecular formula is C23H28N2O4. The number of carbonyl (C=O) groups is 3. The molecule has 1 atom stereocenters. The molecule has 6 nitrogen and oxygen atoms in total. The van der Waals surface area contributed by atoms with E-state index >= 15 is 0 Å². The summed E-state index contributed by atoms with van der Waals surface area (Å²) < 4.78 is 4.97. The summed E-state index contributed by atoms with van der Waals surface area (Å²) in [6, 6.07) is 12.9. The molecule has 154 valence electrons. The van der Waals surface area contributed by atoms with Gasteiger partial charge in [-0.25, -0.2) is 0 Å². The van der Waals surface area contributed by atoms with Crippen molar-refractivity contribution in [1.82, 2.24) is 5.32 Å². The van der Waals surface area contributed by atoms with Crippen molar-refractivity contribution in [2.45, 2.75) is 40.0 Å². The lowest BCUT2D eigenvalue weighted by molar-refractivity contribution is -0.146. The van der Waals surface area contributed by atoms with Crippen molar-refractivity contribution in [2.24, 2.45) is 0 Å². The highest BCUT2D eigenvalue weighted by Gasteiger charge is 2.14. The van der Waals surface area contributed by atoms with Gasteiger partial charge in [0, 0.05) is 11.3 Å². The Bertz CT molecular complexity index is 892. The van der Waals surface area contributed by atoms with E-state index in [4.69, 9.17) is 4.74 Å². The van der Waals surface area contributed by atoms with Crippen LogP contribution in [0, 0.1) is 13.8 Å². The maximum atomic E-state index is 12.1. The number of para-hydroxylation sites is 1. The molecule has 6 heteroatoms. The second-order valence-corrected chi connectivity index (χ2v) is 7.09. The van der Waals surface area contributed by atoms with Gasteiger partial charge in [0.15, 0.2) is 6.61 Å². The molecule has 0 spiro atoms. The van der Waals surface area contributed by atoms with E-state index in [1.807, 2.05) is 44.2 Å². The lowest BCUT2D eigenvalue weighted by atomic mass is 9.97. The molecule has 2 rings (SSSR count). The molecule has 0 fully saturated rings. The molecule has 29 heavy (non-hydrogen) atoms. The monoisotopic (exact) mass is 396 g/mol. The third-order valence-electron chi connectivity index (χ3n) is 4.90. The first kappa shape index (κ1) is 22.1. The number of aryl methyl sites for hydroxylation is 2. The van der Waals surface area contributed by atoms with E-state index in [1.165, 1.54) is 0 Å². The highest BCUT2D eigenvalue weighted by atomic mass is 16.5. The predicted octanol–water partition coefficient (Wildman–Crippen LogP) is 3.73. The number of amides is 2. The molecule has 0 aliphatic rings. The number of esters is 1. The van der Waals surface area contributed by atoms with E-state index < -0.39 is 18.5 Å². The molecule has 0 aromatic heterocycles. The first-order valence-corrected chi connectivity index (χ1v) is 9.71. The van der Waals surface area contributed by atoms with Crippen molar-refractivity contribution in [3.05, 3.63) is 64.7 Å². The number of carbonyl (C=O) groups excluding carboxylic acids is 3. The van der Waals surface area contributed by atoms with Gasteiger partial charge in [0.05, 0.1) is 0 Å². The standard InChI is InChI=1S/C23H28N2O4/c1-5-15(2)19-8-6-7-9-20(19)25-21(26)14-29-22(27)13-24-23(28)18-11-10-16(3)17(4)12-18/h6-12,15H,5,13-14H2,1-4H3,(H,24,28)(H,25,26). The quantitative estimate of drug-likeness (QED) is 0.666. The van der Waals surface area contributed by atoms with Gasteiger partial charge in [-0.05, 0) is 61.1 Å². The summed E-state index contributed by atoms with van der Waals surface area (Å²) in [4.78, 5) is 36.1. The Balaban J connectivity index is 1.81. The molecular weight excluding hydrogens is 368 g/mol. The number of anilines is 1. The number of nitrogens with one attached hydrogen (secondary N) is 2. The van der Waals surface area contributed by atoms with Crippen LogP contribution >= 0.6 is 0 Å². The summed E-state index contributed by atoms with van der Waals surface area (Å²) in [6.45, 7) is 7.33. The van der Waals surface area contributed by atoms with Gasteiger partial charge in [-0.15, -0.1) is 0 Å². The van der Waals surface area contributed by atoms with Gasteiger partial charge in [-0.3, -0.25) is 14.4 Å². The normalized spacial score (nSPS) is 11.4. The van der Waals surface area contributed by atoms with Crippen molar-refractivity contribution >= 4 is 23.5 Å². The molecule has 0 saturated heterocycles. The zero-order valence-electron chi connectivity index (χ0n) is 17.4. The Morgan fingerprint density at radius 1 is 1.03 bits per heavy atom. The fraction of sp³-hybridized carbons (Fsp3) is 0.348. The Morgan fingerprint density at radius 2 is 1.76 bits per heavy atom. The van der Waals surface area contributed by atoms with E-state index in [9.17, 15) is 14.4 Å². The van der Waals surface area contributed by atoms with Gasteiger partial charge in [-0.2, -0.15) is 0 Å². The first-order valence-electron chi connectivity index (χ1n) is 9.71. The van der Waals surface area contributed by atoms with Crippen molar-refractivity contribution in [3.63, 3.8) is 0 Å². The number of benzene rings is 2. The van der Waals surface area contributed by atoms with Gasteiger partial charge in [0.1, 0.15) is 6.54 Å². The second kappa shape index (κ2) is 10.4. The van der Waals surface area contributed by atoms with Crippen LogP contribution in [-0.2, 0) is 14.3 Å². The highest BCUT2D eigenvalue weighted by Crippen LogP contribution is 2.26. The molecule has 2 amide bonds. The van der Waals surface area contributed by atoms with Gasteiger partial charge in [0.25, 0.3) is 11.8 Å². The average molecular weight is 396 g/mol. The summed E-state index contributed by atoms with van der Waals surface area (Å²) >= 11 is 0. The molecule has 0 bridgehead atoms. The van der Waals surface area contributed by atoms with Crippen molar-refractivity contribution in [2.75, 3.05) is 18.5 Å². The Kier molecular flexibility index (Phi) is 7.95. The third kappa shape index (κ3) is 6.45. The van der Waals surface area contributed by atoms with Crippen LogP contribution in [-0.4, -0.2) is 30.9 Å². The lowest BCUT2D eigenvalue weighted by Crippen LogP contribution is -2.32. The summed E-state index contributed by atoms with van der Waals surface area (Å²) in [5.41, 5.74) is 4.30. The first-order chi connectivity index (χ1) is 13.8. The molecule has 2 aromatic carbocycles. The number of hydrogen-bond acceptors (Lipinski definition) is 4. The topological polar surface area (TPSA) is 84.5 Å². The molecule has 0 aliphatic carbocycles. The minimum atomic E-state index is -0.674. The number of rotatable bonds is 8. The maximum Gasteiger partial charge on any atom is 0.325 e. The highest BCUT2D eigenvalue weighted by molar-refractivity contribution is 5.97. The van der Waals surface area contributed by atoms with E-state index in [2.05, 4.69) is 24.5 Å². The Morgan fingerprint density at radius 3 is 2.45 bits per heavy atom. The minimum absolute atomic E-state index is 0.301. The predicted molar refractivity (Wildman–Crippen MR) is 113 cm³/mol. The SMILES string of the molecule is CCC(C)c1ccccc1NC(=O)COC(=O)CNC(=O)c1ccc(C)c(C)c1. The lowest BCUT2D eigenvalue weighted by Gasteiger charge is -2.15. The molecule has 2 aromatic rings. The largest absolute Gasteiger partial charge is 0.454 e. The van der Waals surface area contributed by atoms with Crippen molar-refractivity contribution in [1.29, 1.82) is 0 Å². The van der Waals surface area contributed by atoms with Crippen LogP contribution in [0.25, 0.3) is 0 Å². The van der Waals surface area contributed by atoms with Crippen molar-refractivity contribution < 1.29 is 19.1 Å². The fourth-order valence-corrected chi connectivity index (χ4v) is 2.78. The summed E-state index contributed by atoms with van der Waals surface area (Å²) in [5.74, 6) is -1.16. The third-order valence-corrected chi connectivity index (χ3v) is 4.90. The fourth-order valence-electron chi connectivity index (χ4n) is 2.78. The van der Waals surface area contributed by atoms with Gasteiger partial charge in [-0.1, -0.05) is 38.1 Å². The minimum Gasteiger partial charge on any atom is -0.454 e. The average Bonchev–Trinajstić information content (AvgIpc) is 2.72. The Hall–Kier alpha value is -3.15. The molecule has 0 saturated carbocycles. The van der Waals surface area contributed by atoms with E-state index in [-0.39, 0.29) is 12.5 Å².